The molecule has 10 heteroatoms. The second-order valence-corrected chi connectivity index (χ2v) is 11.9. The third-order valence-corrected chi connectivity index (χ3v) is 8.96. The van der Waals surface area contributed by atoms with Crippen LogP contribution in [0.2, 0.25) is 0 Å². The maximum Gasteiger partial charge on any atom is 0.245 e. The number of piperidine rings is 1. The lowest BCUT2D eigenvalue weighted by atomic mass is 9.92. The number of rotatable bonds is 9. The first-order valence-electron chi connectivity index (χ1n) is 12.6. The highest BCUT2D eigenvalue weighted by molar-refractivity contribution is 7.89. The molecule has 194 valence electrons. The predicted octanol–water partition coefficient (Wildman–Crippen LogP) is 3.79. The van der Waals surface area contributed by atoms with E-state index in [0.717, 1.165) is 23.8 Å². The molecule has 1 aliphatic heterocycles. The molecule has 0 spiro atoms. The standard InChI is InChI=1S/C26H36N6O3S/c1-18-10-14-32(20(3)15-18)25(33)22(8-6-11-27-26-28-12-13-29-26)31(4)36(34,35)23-9-5-7-21-16-19(2)17-30-24(21)23/h5,7,9,12-13,16-18,20,22H,6,8,10-11,14-15H2,1-4H3,(H2,27,28,29)/t18?,20?,22-/m0/s1. The minimum absolute atomic E-state index is 0.0725. The van der Waals surface area contributed by atoms with Crippen molar-refractivity contribution in [3.63, 3.8) is 0 Å². The van der Waals surface area contributed by atoms with Crippen LogP contribution in [0, 0.1) is 12.8 Å². The van der Waals surface area contributed by atoms with E-state index in [1.54, 1.807) is 30.7 Å². The van der Waals surface area contributed by atoms with E-state index < -0.39 is 16.1 Å². The number of carbonyl (C=O) groups excluding carboxylic acids is 1. The van der Waals surface area contributed by atoms with Crippen molar-refractivity contribution in [3.8, 4) is 0 Å². The Balaban J connectivity index is 1.61. The highest BCUT2D eigenvalue weighted by Gasteiger charge is 2.38. The number of aromatic amines is 1. The molecule has 3 heterocycles. The summed E-state index contributed by atoms with van der Waals surface area (Å²) in [5.74, 6) is 1.06. The fourth-order valence-corrected chi connectivity index (χ4v) is 6.53. The Labute approximate surface area is 213 Å². The lowest BCUT2D eigenvalue weighted by molar-refractivity contribution is -0.139. The number of hydrogen-bond donors (Lipinski definition) is 2. The van der Waals surface area contributed by atoms with Crippen LogP contribution in [0.3, 0.4) is 0 Å². The van der Waals surface area contributed by atoms with Gasteiger partial charge in [0.2, 0.25) is 15.9 Å². The number of H-pyrrole nitrogens is 1. The number of likely N-dealkylation sites (N-methyl/N-ethyl adjacent to an activating group) is 1. The highest BCUT2D eigenvalue weighted by atomic mass is 32.2. The van der Waals surface area contributed by atoms with E-state index >= 15 is 0 Å². The summed E-state index contributed by atoms with van der Waals surface area (Å²) < 4.78 is 29.0. The Morgan fingerprint density at radius 3 is 2.83 bits per heavy atom. The van der Waals surface area contributed by atoms with Crippen molar-refractivity contribution in [1.29, 1.82) is 0 Å². The molecule has 1 aliphatic rings. The lowest BCUT2D eigenvalue weighted by Gasteiger charge is -2.40. The molecular formula is C26H36N6O3S. The molecule has 3 aromatic rings. The van der Waals surface area contributed by atoms with E-state index in [9.17, 15) is 13.2 Å². The average Bonchev–Trinajstić information content (AvgIpc) is 3.36. The average molecular weight is 513 g/mol. The Bertz CT molecular complexity index is 1290. The number of nitrogens with one attached hydrogen (secondary N) is 2. The molecule has 0 radical (unpaired) electrons. The zero-order valence-corrected chi connectivity index (χ0v) is 22.3. The minimum Gasteiger partial charge on any atom is -0.356 e. The first-order valence-corrected chi connectivity index (χ1v) is 14.0. The number of fused-ring (bicyclic) bond motifs is 1. The Kier molecular flexibility index (Phi) is 7.94. The molecule has 36 heavy (non-hydrogen) atoms. The van der Waals surface area contributed by atoms with E-state index in [1.165, 1.54) is 11.4 Å². The molecule has 2 aromatic heterocycles. The maximum atomic E-state index is 13.9. The Hall–Kier alpha value is -2.98. The van der Waals surface area contributed by atoms with Crippen molar-refractivity contribution >= 4 is 32.8 Å². The first-order chi connectivity index (χ1) is 17.2. The normalized spacial score (nSPS) is 19.5. The van der Waals surface area contributed by atoms with Crippen LogP contribution in [-0.2, 0) is 14.8 Å². The molecule has 1 amide bonds. The number of hydrogen-bond acceptors (Lipinski definition) is 6. The topological polar surface area (TPSA) is 111 Å². The summed E-state index contributed by atoms with van der Waals surface area (Å²) >= 11 is 0. The van der Waals surface area contributed by atoms with Crippen LogP contribution in [0.1, 0.15) is 45.1 Å². The lowest BCUT2D eigenvalue weighted by Crippen LogP contribution is -2.54. The molecule has 0 bridgehead atoms. The number of carbonyl (C=O) groups is 1. The summed E-state index contributed by atoms with van der Waals surface area (Å²) in [4.78, 5) is 27.4. The van der Waals surface area contributed by atoms with Gasteiger partial charge in [0.05, 0.1) is 5.52 Å². The number of aromatic nitrogens is 3. The van der Waals surface area contributed by atoms with Gasteiger partial charge in [-0.25, -0.2) is 13.4 Å². The predicted molar refractivity (Wildman–Crippen MR) is 141 cm³/mol. The fourth-order valence-electron chi connectivity index (χ4n) is 5.02. The molecule has 9 nitrogen and oxygen atoms in total. The van der Waals surface area contributed by atoms with Gasteiger partial charge >= 0.3 is 0 Å². The number of benzene rings is 1. The molecule has 1 fully saturated rings. The fraction of sp³-hybridized carbons (Fsp3) is 0.500. The molecule has 2 unspecified atom stereocenters. The van der Waals surface area contributed by atoms with Gasteiger partial charge in [0.1, 0.15) is 10.9 Å². The van der Waals surface area contributed by atoms with Gasteiger partial charge in [0.25, 0.3) is 0 Å². The largest absolute Gasteiger partial charge is 0.356 e. The number of aryl methyl sites for hydroxylation is 1. The van der Waals surface area contributed by atoms with Gasteiger partial charge in [0, 0.05) is 50.2 Å². The van der Waals surface area contributed by atoms with Gasteiger partial charge in [-0.05, 0) is 63.1 Å². The van der Waals surface area contributed by atoms with E-state index in [2.05, 4.69) is 34.1 Å². The number of pyridine rings is 1. The number of para-hydroxylation sites is 1. The molecular weight excluding hydrogens is 476 g/mol. The van der Waals surface area contributed by atoms with Crippen molar-refractivity contribution in [1.82, 2.24) is 24.2 Å². The number of anilines is 1. The molecule has 1 saturated heterocycles. The van der Waals surface area contributed by atoms with Crippen LogP contribution in [0.4, 0.5) is 5.95 Å². The quantitative estimate of drug-likeness (QED) is 0.422. The summed E-state index contributed by atoms with van der Waals surface area (Å²) in [7, 11) is -2.47. The first kappa shape index (κ1) is 26.1. The second-order valence-electron chi connectivity index (χ2n) is 9.89. The summed E-state index contributed by atoms with van der Waals surface area (Å²) in [5, 5.41) is 3.94. The van der Waals surface area contributed by atoms with Crippen molar-refractivity contribution in [3.05, 3.63) is 48.4 Å². The molecule has 0 saturated carbocycles. The monoisotopic (exact) mass is 512 g/mol. The van der Waals surface area contributed by atoms with Crippen molar-refractivity contribution in [2.45, 2.75) is 63.4 Å². The van der Waals surface area contributed by atoms with Gasteiger partial charge in [-0.3, -0.25) is 9.78 Å². The van der Waals surface area contributed by atoms with Gasteiger partial charge in [-0.1, -0.05) is 19.1 Å². The third kappa shape index (κ3) is 5.54. The number of imidazole rings is 1. The van der Waals surface area contributed by atoms with Gasteiger partial charge in [-0.15, -0.1) is 0 Å². The van der Waals surface area contributed by atoms with Gasteiger partial charge in [0.15, 0.2) is 5.95 Å². The van der Waals surface area contributed by atoms with Crippen LogP contribution in [0.5, 0.6) is 0 Å². The molecule has 0 aliphatic carbocycles. The maximum absolute atomic E-state index is 13.9. The number of sulfonamides is 1. The Morgan fingerprint density at radius 1 is 1.31 bits per heavy atom. The van der Waals surface area contributed by atoms with Gasteiger partial charge < -0.3 is 15.2 Å². The number of amides is 1. The van der Waals surface area contributed by atoms with Crippen LogP contribution < -0.4 is 5.32 Å². The molecule has 1 aromatic carbocycles. The van der Waals surface area contributed by atoms with Crippen LogP contribution in [-0.4, -0.2) is 70.7 Å². The van der Waals surface area contributed by atoms with Gasteiger partial charge in [-0.2, -0.15) is 4.31 Å². The zero-order chi connectivity index (χ0) is 25.9. The van der Waals surface area contributed by atoms with E-state index in [-0.39, 0.29) is 16.8 Å². The number of likely N-dealkylation sites (tertiary alicyclic amines) is 1. The van der Waals surface area contributed by atoms with Crippen molar-refractivity contribution in [2.75, 3.05) is 25.5 Å². The minimum atomic E-state index is -3.99. The van der Waals surface area contributed by atoms with Crippen LogP contribution >= 0.6 is 0 Å². The van der Waals surface area contributed by atoms with E-state index in [1.807, 2.05) is 24.0 Å². The Morgan fingerprint density at radius 2 is 2.11 bits per heavy atom. The van der Waals surface area contributed by atoms with Crippen molar-refractivity contribution in [2.24, 2.45) is 5.92 Å². The summed E-state index contributed by atoms with van der Waals surface area (Å²) in [5.41, 5.74) is 1.37. The van der Waals surface area contributed by atoms with Crippen molar-refractivity contribution < 1.29 is 13.2 Å². The zero-order valence-electron chi connectivity index (χ0n) is 21.4. The second kappa shape index (κ2) is 11.0. The van der Waals surface area contributed by atoms with E-state index in [4.69, 9.17) is 0 Å². The van der Waals surface area contributed by atoms with Crippen LogP contribution in [0.25, 0.3) is 10.9 Å². The third-order valence-electron chi connectivity index (χ3n) is 7.06. The summed E-state index contributed by atoms with van der Waals surface area (Å²) in [6.45, 7) is 7.38. The summed E-state index contributed by atoms with van der Waals surface area (Å²) in [6, 6.07) is 6.33. The highest BCUT2D eigenvalue weighted by Crippen LogP contribution is 2.29. The molecule has 3 atom stereocenters. The van der Waals surface area contributed by atoms with Crippen LogP contribution in [0.15, 0.2) is 47.8 Å². The summed E-state index contributed by atoms with van der Waals surface area (Å²) in [6.07, 6.45) is 7.89. The smallest absolute Gasteiger partial charge is 0.245 e. The molecule has 4 rings (SSSR count). The SMILES string of the molecule is Cc1cnc2c(S(=O)(=O)N(C)[C@@H](CCCNc3ncc[nH]3)C(=O)N3CCC(C)CC3C)cccc2c1. The van der Waals surface area contributed by atoms with E-state index in [0.29, 0.717) is 43.3 Å². The number of nitrogens with zero attached hydrogens (tertiary/aromatic N) is 4. The molecule has 2 N–H and O–H groups in total.